The zero-order valence-corrected chi connectivity index (χ0v) is 38.5. The van der Waals surface area contributed by atoms with E-state index in [9.17, 15) is 36.0 Å². The van der Waals surface area contributed by atoms with E-state index in [0.29, 0.717) is 24.8 Å². The number of likely N-dealkylation sites (N-methyl/N-ethyl adjacent to an activating group) is 2. The van der Waals surface area contributed by atoms with Crippen molar-refractivity contribution in [2.75, 3.05) is 26.6 Å². The third-order valence-corrected chi connectivity index (χ3v) is 11.6. The number of rotatable bonds is 16. The van der Waals surface area contributed by atoms with Crippen molar-refractivity contribution in [3.8, 4) is 0 Å². The Bertz CT molecular complexity index is 2280. The second kappa shape index (κ2) is 26.1. The SMILES string of the molecule is CC(=O)[C@@H](N)Cc1cccc(S(C)(=O)=O)c1.CN[C@@H](Cc1cccc(Br)c1)C(=O)O.CN[C@@H](Cc1cccc(S(C)(=O)=O)c1)C(=O)O.N[C@@H](Cc1cccc(Br)c1)C(=O)O. The van der Waals surface area contributed by atoms with Crippen LogP contribution in [0.5, 0.6) is 0 Å². The lowest BCUT2D eigenvalue weighted by atomic mass is 10.0. The Balaban J connectivity index is 0.000000402. The third-order valence-electron chi connectivity index (χ3n) is 8.35. The molecule has 0 aliphatic carbocycles. The van der Waals surface area contributed by atoms with Crippen LogP contribution in [0.1, 0.15) is 29.2 Å². The summed E-state index contributed by atoms with van der Waals surface area (Å²) >= 11 is 6.64. The lowest BCUT2D eigenvalue weighted by Crippen LogP contribution is -2.35. The van der Waals surface area contributed by atoms with Crippen LogP contribution in [-0.2, 0) is 64.5 Å². The highest BCUT2D eigenvalue weighted by Gasteiger charge is 2.17. The van der Waals surface area contributed by atoms with Gasteiger partial charge >= 0.3 is 17.9 Å². The van der Waals surface area contributed by atoms with Gasteiger partial charge in [0.2, 0.25) is 0 Å². The first-order valence-electron chi connectivity index (χ1n) is 18.0. The van der Waals surface area contributed by atoms with Crippen molar-refractivity contribution < 1.29 is 51.3 Å². The van der Waals surface area contributed by atoms with Crippen LogP contribution in [0.3, 0.4) is 0 Å². The number of Topliss-reactive ketones (excluding diaryl/α,β-unsaturated/α-hetero) is 1. The number of halogens is 2. The van der Waals surface area contributed by atoms with Crippen molar-refractivity contribution in [2.24, 2.45) is 11.5 Å². The number of carboxylic acid groups (broad SMARTS) is 3. The highest BCUT2D eigenvalue weighted by molar-refractivity contribution is 9.10. The number of carboxylic acids is 3. The fourth-order valence-electron chi connectivity index (χ4n) is 4.97. The molecule has 60 heavy (non-hydrogen) atoms. The monoisotopic (exact) mass is 998 g/mol. The molecule has 0 fully saturated rings. The molecule has 0 radical (unpaired) electrons. The molecule has 0 spiro atoms. The number of hydrogen-bond donors (Lipinski definition) is 7. The number of nitrogens with one attached hydrogen (secondary N) is 2. The summed E-state index contributed by atoms with van der Waals surface area (Å²) in [7, 11) is -3.26. The second-order valence-corrected chi connectivity index (χ2v) is 19.3. The topological polar surface area (TPSA) is 273 Å². The maximum atomic E-state index is 11.3. The molecule has 4 atom stereocenters. The predicted molar refractivity (Wildman–Crippen MR) is 237 cm³/mol. The molecule has 19 heteroatoms. The standard InChI is InChI=1S/C11H15NO4S.C11H15NO3S.C10H12BrNO2.C9H10BrNO2/c1-12-10(11(13)14)7-8-4-3-5-9(6-8)17(2,15)16;1-8(13)11(12)7-9-4-3-5-10(6-9)16(2,14)15;1-12-9(10(13)14)6-7-3-2-4-8(11)5-7;10-7-3-1-2-6(4-7)5-8(11)9(12)13/h3-6,10,12H,7H2,1-2H3,(H,13,14);3-6,11H,7,12H2,1-2H3;2-5,9,12H,6H2,1H3,(H,13,14);1-4,8H,5,11H2,(H,12,13)/t10-;11-;9-;8-/m0000/s1. The molecule has 0 aliphatic heterocycles. The molecule has 4 rings (SSSR count). The van der Waals surface area contributed by atoms with E-state index in [-0.39, 0.29) is 22.0 Å². The molecule has 0 heterocycles. The van der Waals surface area contributed by atoms with Crippen LogP contribution in [0.25, 0.3) is 0 Å². The number of benzene rings is 4. The highest BCUT2D eigenvalue weighted by Crippen LogP contribution is 2.16. The van der Waals surface area contributed by atoms with E-state index in [4.69, 9.17) is 26.8 Å². The summed E-state index contributed by atoms with van der Waals surface area (Å²) in [6.07, 6.45) is 3.73. The van der Waals surface area contributed by atoms with Gasteiger partial charge in [0.25, 0.3) is 0 Å². The van der Waals surface area contributed by atoms with Crippen molar-refractivity contribution in [1.82, 2.24) is 10.6 Å². The van der Waals surface area contributed by atoms with E-state index < -0.39 is 61.7 Å². The molecule has 4 aromatic rings. The summed E-state index contributed by atoms with van der Waals surface area (Å²) in [5.41, 5.74) is 14.3. The molecule has 0 unspecified atom stereocenters. The van der Waals surface area contributed by atoms with E-state index in [1.54, 1.807) is 44.4 Å². The molecule has 0 bridgehead atoms. The van der Waals surface area contributed by atoms with Crippen molar-refractivity contribution in [3.63, 3.8) is 0 Å². The summed E-state index contributed by atoms with van der Waals surface area (Å²) in [6.45, 7) is 1.42. The Morgan fingerprint density at radius 1 is 0.550 bits per heavy atom. The van der Waals surface area contributed by atoms with Gasteiger partial charge in [-0.3, -0.25) is 19.2 Å². The Labute approximate surface area is 368 Å². The third kappa shape index (κ3) is 21.3. The fourth-order valence-corrected chi connectivity index (χ4v) is 7.25. The van der Waals surface area contributed by atoms with Crippen LogP contribution in [0.4, 0.5) is 0 Å². The number of nitrogens with two attached hydrogens (primary N) is 2. The second-order valence-electron chi connectivity index (χ2n) is 13.4. The van der Waals surface area contributed by atoms with E-state index in [2.05, 4.69) is 42.5 Å². The smallest absolute Gasteiger partial charge is 0.321 e. The summed E-state index contributed by atoms with van der Waals surface area (Å²) in [5.74, 6) is -2.87. The van der Waals surface area contributed by atoms with E-state index in [1.165, 1.54) is 25.1 Å². The van der Waals surface area contributed by atoms with Gasteiger partial charge in [-0.2, -0.15) is 0 Å². The van der Waals surface area contributed by atoms with Gasteiger partial charge in [0, 0.05) is 21.5 Å². The fraction of sp³-hybridized carbons (Fsp3) is 0.317. The highest BCUT2D eigenvalue weighted by atomic mass is 79.9. The van der Waals surface area contributed by atoms with Crippen LogP contribution in [0, 0.1) is 0 Å². The number of carbonyl (C=O) groups excluding carboxylic acids is 1. The molecule has 0 aromatic heterocycles. The molecular formula is C41H52Br2N4O11S2. The van der Waals surface area contributed by atoms with Crippen LogP contribution in [-0.4, -0.2) is 107 Å². The number of ketones is 1. The minimum atomic E-state index is -3.26. The average Bonchev–Trinajstić information content (AvgIpc) is 3.16. The average molecular weight is 1000 g/mol. The minimum absolute atomic E-state index is 0.107. The first-order chi connectivity index (χ1) is 27.9. The van der Waals surface area contributed by atoms with Gasteiger partial charge in [-0.1, -0.05) is 80.4 Å². The number of hydrogen-bond acceptors (Lipinski definition) is 12. The Hall–Kier alpha value is -4.34. The van der Waals surface area contributed by atoms with Gasteiger partial charge < -0.3 is 37.4 Å². The van der Waals surface area contributed by atoms with E-state index in [0.717, 1.165) is 38.1 Å². The van der Waals surface area contributed by atoms with Crippen molar-refractivity contribution in [3.05, 3.63) is 128 Å². The van der Waals surface area contributed by atoms with Crippen LogP contribution >= 0.6 is 31.9 Å². The molecule has 15 nitrogen and oxygen atoms in total. The minimum Gasteiger partial charge on any atom is -0.480 e. The summed E-state index contributed by atoms with van der Waals surface area (Å²) in [5, 5.41) is 31.7. The van der Waals surface area contributed by atoms with Gasteiger partial charge in [0.15, 0.2) is 19.7 Å². The number of carbonyl (C=O) groups is 4. The molecule has 328 valence electrons. The summed E-state index contributed by atoms with van der Waals surface area (Å²) < 4.78 is 47.2. The zero-order valence-electron chi connectivity index (χ0n) is 33.7. The molecular weight excluding hydrogens is 948 g/mol. The maximum absolute atomic E-state index is 11.3. The molecule has 0 saturated carbocycles. The molecule has 0 saturated heterocycles. The zero-order chi connectivity index (χ0) is 45.8. The molecule has 9 N–H and O–H groups in total. The van der Waals surface area contributed by atoms with Crippen molar-refractivity contribution >= 4 is 75.2 Å². The normalized spacial score (nSPS) is 12.9. The Kier molecular flexibility index (Phi) is 23.3. The van der Waals surface area contributed by atoms with Gasteiger partial charge in [0.05, 0.1) is 15.8 Å². The lowest BCUT2D eigenvalue weighted by molar-refractivity contribution is -0.140. The first kappa shape index (κ1) is 53.7. The molecule has 0 amide bonds. The lowest BCUT2D eigenvalue weighted by Gasteiger charge is -2.11. The predicted octanol–water partition coefficient (Wildman–Crippen LogP) is 3.92. The van der Waals surface area contributed by atoms with E-state index >= 15 is 0 Å². The van der Waals surface area contributed by atoms with Gasteiger partial charge in [-0.05, 0) is 117 Å². The maximum Gasteiger partial charge on any atom is 0.321 e. The Morgan fingerprint density at radius 3 is 1.17 bits per heavy atom. The van der Waals surface area contributed by atoms with Crippen molar-refractivity contribution in [2.45, 2.75) is 66.6 Å². The Morgan fingerprint density at radius 2 is 0.867 bits per heavy atom. The summed E-state index contributed by atoms with van der Waals surface area (Å²) in [6, 6.07) is 25.3. The van der Waals surface area contributed by atoms with Crippen LogP contribution in [0.15, 0.2) is 116 Å². The van der Waals surface area contributed by atoms with Gasteiger partial charge in [-0.25, -0.2) is 16.8 Å². The van der Waals surface area contributed by atoms with Gasteiger partial charge in [-0.15, -0.1) is 0 Å². The van der Waals surface area contributed by atoms with E-state index in [1.807, 2.05) is 48.5 Å². The van der Waals surface area contributed by atoms with Crippen LogP contribution in [0.2, 0.25) is 0 Å². The quantitative estimate of drug-likeness (QED) is 0.0838. The number of sulfone groups is 2. The van der Waals surface area contributed by atoms with Gasteiger partial charge in [0.1, 0.15) is 23.9 Å². The van der Waals surface area contributed by atoms with Crippen molar-refractivity contribution in [1.29, 1.82) is 0 Å². The molecule has 0 aliphatic rings. The largest absolute Gasteiger partial charge is 0.480 e. The number of aliphatic carboxylic acids is 3. The molecule has 4 aromatic carbocycles. The van der Waals surface area contributed by atoms with Crippen LogP contribution < -0.4 is 22.1 Å². The first-order valence-corrected chi connectivity index (χ1v) is 23.4. The summed E-state index contributed by atoms with van der Waals surface area (Å²) in [4.78, 5) is 43.5.